The van der Waals surface area contributed by atoms with Gasteiger partial charge in [-0.15, -0.1) is 0 Å². The second kappa shape index (κ2) is 6.18. The minimum Gasteiger partial charge on any atom is -0.327 e. The first-order valence-electron chi connectivity index (χ1n) is 5.62. The van der Waals surface area contributed by atoms with Crippen molar-refractivity contribution in [1.29, 1.82) is 0 Å². The van der Waals surface area contributed by atoms with Crippen LogP contribution in [0.4, 0.5) is 0 Å². The number of hydrogen-bond acceptors (Lipinski definition) is 2. The van der Waals surface area contributed by atoms with Gasteiger partial charge in [-0.1, -0.05) is 34.1 Å². The van der Waals surface area contributed by atoms with E-state index in [1.807, 2.05) is 0 Å². The van der Waals surface area contributed by atoms with Crippen molar-refractivity contribution in [2.75, 3.05) is 0 Å². The van der Waals surface area contributed by atoms with Gasteiger partial charge < -0.3 is 5.73 Å². The van der Waals surface area contributed by atoms with Crippen LogP contribution in [0.15, 0.2) is 0 Å². The number of rotatable bonds is 6. The molecule has 0 aromatic heterocycles. The van der Waals surface area contributed by atoms with Crippen molar-refractivity contribution in [3.05, 3.63) is 0 Å². The number of carbonyl (C=O) groups excluding carboxylic acids is 1. The number of ketones is 1. The van der Waals surface area contributed by atoms with E-state index in [0.717, 1.165) is 19.3 Å². The molecule has 84 valence electrons. The summed E-state index contributed by atoms with van der Waals surface area (Å²) >= 11 is 0. The molecule has 2 heteroatoms. The van der Waals surface area contributed by atoms with Crippen LogP contribution < -0.4 is 5.73 Å². The topological polar surface area (TPSA) is 43.1 Å². The molecule has 0 bridgehead atoms. The molecular formula is C12H25NO. The van der Waals surface area contributed by atoms with Gasteiger partial charge in [0.25, 0.3) is 0 Å². The zero-order chi connectivity index (χ0) is 11.2. The number of Topliss-reactive ketones (excluding diaryl/α,β-unsaturated/α-hetero) is 1. The third kappa shape index (κ3) is 8.24. The van der Waals surface area contributed by atoms with Crippen LogP contribution in [0.1, 0.15) is 59.8 Å². The molecule has 0 aromatic carbocycles. The Bertz CT molecular complexity index is 170. The van der Waals surface area contributed by atoms with E-state index in [9.17, 15) is 4.79 Å². The van der Waals surface area contributed by atoms with Gasteiger partial charge in [-0.25, -0.2) is 0 Å². The molecule has 0 aliphatic carbocycles. The highest BCUT2D eigenvalue weighted by molar-refractivity contribution is 5.78. The summed E-state index contributed by atoms with van der Waals surface area (Å²) in [4.78, 5) is 11.5. The minimum atomic E-state index is 0.0764. The van der Waals surface area contributed by atoms with Gasteiger partial charge in [0.1, 0.15) is 5.78 Å². The van der Waals surface area contributed by atoms with Crippen molar-refractivity contribution in [3.63, 3.8) is 0 Å². The highest BCUT2D eigenvalue weighted by Crippen LogP contribution is 2.21. The summed E-state index contributed by atoms with van der Waals surface area (Å²) in [5, 5.41) is 0. The predicted molar refractivity (Wildman–Crippen MR) is 61.2 cm³/mol. The molecule has 2 N–H and O–H groups in total. The van der Waals surface area contributed by atoms with E-state index in [4.69, 9.17) is 5.73 Å². The maximum atomic E-state index is 11.5. The Balaban J connectivity index is 3.65. The zero-order valence-corrected chi connectivity index (χ0v) is 10.1. The molecule has 0 aliphatic rings. The van der Waals surface area contributed by atoms with E-state index in [1.165, 1.54) is 0 Å². The Kier molecular flexibility index (Phi) is 6.01. The van der Waals surface area contributed by atoms with Crippen molar-refractivity contribution in [2.24, 2.45) is 11.1 Å². The second-order valence-electron chi connectivity index (χ2n) is 5.35. The third-order valence-electron chi connectivity index (χ3n) is 2.30. The molecule has 1 atom stereocenters. The Morgan fingerprint density at radius 3 is 2.36 bits per heavy atom. The van der Waals surface area contributed by atoms with Crippen LogP contribution in [0, 0.1) is 5.41 Å². The highest BCUT2D eigenvalue weighted by atomic mass is 16.1. The maximum absolute atomic E-state index is 11.5. The molecule has 2 nitrogen and oxygen atoms in total. The fourth-order valence-electron chi connectivity index (χ4n) is 1.38. The van der Waals surface area contributed by atoms with Gasteiger partial charge in [0.05, 0.1) is 0 Å². The van der Waals surface area contributed by atoms with E-state index in [-0.39, 0.29) is 11.5 Å². The molecule has 0 fully saturated rings. The van der Waals surface area contributed by atoms with Crippen LogP contribution in [0.2, 0.25) is 0 Å². The first-order valence-corrected chi connectivity index (χ1v) is 5.62. The van der Waals surface area contributed by atoms with Gasteiger partial charge in [0.2, 0.25) is 0 Å². The lowest BCUT2D eigenvalue weighted by Crippen LogP contribution is -2.24. The van der Waals surface area contributed by atoms with Crippen LogP contribution in [-0.2, 0) is 4.79 Å². The van der Waals surface area contributed by atoms with E-state index in [1.54, 1.807) is 0 Å². The summed E-state index contributed by atoms with van der Waals surface area (Å²) in [6.45, 7) is 8.57. The largest absolute Gasteiger partial charge is 0.327 e. The van der Waals surface area contributed by atoms with E-state index < -0.39 is 0 Å². The third-order valence-corrected chi connectivity index (χ3v) is 2.30. The van der Waals surface area contributed by atoms with E-state index in [2.05, 4.69) is 27.7 Å². The van der Waals surface area contributed by atoms with Crippen molar-refractivity contribution in [1.82, 2.24) is 0 Å². The van der Waals surface area contributed by atoms with Crippen LogP contribution in [-0.4, -0.2) is 11.8 Å². The molecule has 1 unspecified atom stereocenters. The molecule has 0 spiro atoms. The fourth-order valence-corrected chi connectivity index (χ4v) is 1.38. The van der Waals surface area contributed by atoms with Crippen molar-refractivity contribution in [2.45, 2.75) is 65.8 Å². The van der Waals surface area contributed by atoms with Crippen molar-refractivity contribution < 1.29 is 4.79 Å². The normalized spacial score (nSPS) is 14.1. The lowest BCUT2D eigenvalue weighted by Gasteiger charge is -2.17. The minimum absolute atomic E-state index is 0.0764. The summed E-state index contributed by atoms with van der Waals surface area (Å²) < 4.78 is 0. The molecule has 0 rings (SSSR count). The summed E-state index contributed by atoms with van der Waals surface area (Å²) in [5.41, 5.74) is 6.06. The van der Waals surface area contributed by atoms with Gasteiger partial charge in [0, 0.05) is 18.9 Å². The van der Waals surface area contributed by atoms with Gasteiger partial charge in [-0.3, -0.25) is 4.79 Å². The van der Waals surface area contributed by atoms with Crippen LogP contribution in [0.25, 0.3) is 0 Å². The molecule has 0 saturated carbocycles. The van der Waals surface area contributed by atoms with Crippen molar-refractivity contribution in [3.8, 4) is 0 Å². The molecule has 0 aliphatic heterocycles. The Morgan fingerprint density at radius 1 is 1.36 bits per heavy atom. The summed E-state index contributed by atoms with van der Waals surface area (Å²) in [7, 11) is 0. The number of hydrogen-bond donors (Lipinski definition) is 1. The van der Waals surface area contributed by atoms with Gasteiger partial charge in [-0.2, -0.15) is 0 Å². The zero-order valence-electron chi connectivity index (χ0n) is 10.1. The van der Waals surface area contributed by atoms with Gasteiger partial charge in [-0.05, 0) is 18.3 Å². The first kappa shape index (κ1) is 13.6. The van der Waals surface area contributed by atoms with Gasteiger partial charge in [0.15, 0.2) is 0 Å². The molecule has 0 aromatic rings. The van der Waals surface area contributed by atoms with E-state index >= 15 is 0 Å². The molecule has 0 heterocycles. The monoisotopic (exact) mass is 199 g/mol. The SMILES string of the molecule is CCCC(N)CC(=O)CCC(C)(C)C. The summed E-state index contributed by atoms with van der Waals surface area (Å²) in [6.07, 6.45) is 4.23. The number of nitrogens with two attached hydrogens (primary N) is 1. The quantitative estimate of drug-likeness (QED) is 0.714. The van der Waals surface area contributed by atoms with Crippen LogP contribution in [0.3, 0.4) is 0 Å². The standard InChI is InChI=1S/C12H25NO/c1-5-6-10(13)9-11(14)7-8-12(2,3)4/h10H,5-9,13H2,1-4H3. The van der Waals surface area contributed by atoms with Gasteiger partial charge >= 0.3 is 0 Å². The smallest absolute Gasteiger partial charge is 0.134 e. The maximum Gasteiger partial charge on any atom is 0.134 e. The lowest BCUT2D eigenvalue weighted by atomic mass is 9.88. The average molecular weight is 199 g/mol. The highest BCUT2D eigenvalue weighted by Gasteiger charge is 2.14. The molecular weight excluding hydrogens is 174 g/mol. The van der Waals surface area contributed by atoms with Crippen molar-refractivity contribution >= 4 is 5.78 Å². The molecule has 0 amide bonds. The Hall–Kier alpha value is -0.370. The van der Waals surface area contributed by atoms with E-state index in [0.29, 0.717) is 18.6 Å². The number of carbonyl (C=O) groups is 1. The first-order chi connectivity index (χ1) is 6.35. The second-order valence-corrected chi connectivity index (χ2v) is 5.35. The Morgan fingerprint density at radius 2 is 1.93 bits per heavy atom. The lowest BCUT2D eigenvalue weighted by molar-refractivity contribution is -0.119. The summed E-state index contributed by atoms with van der Waals surface area (Å²) in [5.74, 6) is 0.320. The summed E-state index contributed by atoms with van der Waals surface area (Å²) in [6, 6.07) is 0.0764. The Labute approximate surface area is 88.3 Å². The molecule has 0 radical (unpaired) electrons. The fraction of sp³-hybridized carbons (Fsp3) is 0.917. The average Bonchev–Trinajstić information content (AvgIpc) is 2.00. The molecule has 0 saturated heterocycles. The van der Waals surface area contributed by atoms with Crippen LogP contribution >= 0.6 is 0 Å². The van der Waals surface area contributed by atoms with Crippen LogP contribution in [0.5, 0.6) is 0 Å². The predicted octanol–water partition coefficient (Wildman–Crippen LogP) is 2.90. The molecule has 14 heavy (non-hydrogen) atoms.